The molecule has 0 aliphatic carbocycles. The fraction of sp³-hybridized carbons (Fsp3) is 0.304. The second kappa shape index (κ2) is 8.59. The number of carbonyl (C=O) groups is 1. The summed E-state index contributed by atoms with van der Waals surface area (Å²) in [6.07, 6.45) is 0.861. The number of fused-ring (bicyclic) bond motifs is 2. The predicted molar refractivity (Wildman–Crippen MR) is 120 cm³/mol. The highest BCUT2D eigenvalue weighted by Crippen LogP contribution is 2.24. The minimum Gasteiger partial charge on any atom is -0.346 e. The van der Waals surface area contributed by atoms with Crippen molar-refractivity contribution in [2.45, 2.75) is 39.3 Å². The Labute approximate surface area is 178 Å². The summed E-state index contributed by atoms with van der Waals surface area (Å²) in [5.74, 6) is 0.603. The lowest BCUT2D eigenvalue weighted by molar-refractivity contribution is -0.122. The lowest BCUT2D eigenvalue weighted by atomic mass is 9.98. The summed E-state index contributed by atoms with van der Waals surface area (Å²) >= 11 is 0. The van der Waals surface area contributed by atoms with Crippen LogP contribution in [-0.2, 0) is 11.3 Å². The van der Waals surface area contributed by atoms with Crippen molar-refractivity contribution in [2.24, 2.45) is 5.92 Å². The third-order valence-electron chi connectivity index (χ3n) is 5.68. The molecule has 0 aliphatic rings. The van der Waals surface area contributed by atoms with Crippen LogP contribution in [0.2, 0.25) is 0 Å². The number of imidazole rings is 1. The van der Waals surface area contributed by atoms with Crippen LogP contribution < -0.4 is 16.6 Å². The molecule has 2 heterocycles. The molecule has 0 aliphatic heterocycles. The average Bonchev–Trinajstić information content (AvgIpc) is 3.20. The fourth-order valence-electron chi connectivity index (χ4n) is 3.70. The van der Waals surface area contributed by atoms with Gasteiger partial charge in [-0.3, -0.25) is 14.2 Å². The van der Waals surface area contributed by atoms with Gasteiger partial charge < -0.3 is 15.3 Å². The van der Waals surface area contributed by atoms with Gasteiger partial charge >= 0.3 is 5.69 Å². The zero-order valence-electron chi connectivity index (χ0n) is 17.5. The molecule has 1 amide bonds. The minimum atomic E-state index is -0.521. The van der Waals surface area contributed by atoms with E-state index in [1.165, 1.54) is 0 Å². The number of aromatic nitrogens is 4. The monoisotopic (exact) mass is 419 g/mol. The van der Waals surface area contributed by atoms with E-state index in [2.05, 4.69) is 34.1 Å². The molecule has 160 valence electrons. The molecule has 2 aromatic heterocycles. The maximum Gasteiger partial charge on any atom is 0.328 e. The third kappa shape index (κ3) is 4.14. The summed E-state index contributed by atoms with van der Waals surface area (Å²) in [4.78, 5) is 48.3. The van der Waals surface area contributed by atoms with E-state index in [1.54, 1.807) is 24.3 Å². The van der Waals surface area contributed by atoms with Gasteiger partial charge in [-0.1, -0.05) is 44.5 Å². The Morgan fingerprint density at radius 2 is 1.77 bits per heavy atom. The second-order valence-electron chi connectivity index (χ2n) is 7.75. The number of nitrogens with one attached hydrogen (secondary N) is 3. The van der Waals surface area contributed by atoms with E-state index >= 15 is 0 Å². The van der Waals surface area contributed by atoms with Crippen molar-refractivity contribution in [1.29, 1.82) is 0 Å². The first-order chi connectivity index (χ1) is 15.0. The number of nitrogens with zero attached hydrogens (tertiary/aromatic N) is 2. The number of hydrogen-bond donors (Lipinski definition) is 3. The van der Waals surface area contributed by atoms with E-state index in [0.717, 1.165) is 22.0 Å². The van der Waals surface area contributed by atoms with E-state index in [9.17, 15) is 14.4 Å². The SMILES string of the molecule is CC[C@H](C)[C@H](NC(=O)CCn1c(=O)[nH]c2ccccc2c1=O)c1nc2ccccc2[nH]1. The molecule has 3 N–H and O–H groups in total. The highest BCUT2D eigenvalue weighted by molar-refractivity contribution is 5.78. The molecule has 0 bridgehead atoms. The molecule has 0 spiro atoms. The lowest BCUT2D eigenvalue weighted by Crippen LogP contribution is -2.38. The standard InChI is InChI=1S/C23H25N5O3/c1-3-14(2)20(21-24-17-10-6-7-11-18(17)25-21)27-19(29)12-13-28-22(30)15-8-4-5-9-16(15)26-23(28)31/h4-11,14,20H,3,12-13H2,1-2H3,(H,24,25)(H,26,31)(H,27,29)/t14-,20-/m0/s1. The largest absolute Gasteiger partial charge is 0.346 e. The van der Waals surface area contributed by atoms with Gasteiger partial charge in [0.25, 0.3) is 5.56 Å². The molecule has 0 radical (unpaired) electrons. The van der Waals surface area contributed by atoms with Crippen LogP contribution in [0.1, 0.15) is 38.6 Å². The number of amides is 1. The number of rotatable bonds is 7. The maximum absolute atomic E-state index is 12.7. The normalized spacial score (nSPS) is 13.4. The van der Waals surface area contributed by atoms with Crippen molar-refractivity contribution in [2.75, 3.05) is 0 Å². The number of aromatic amines is 2. The van der Waals surface area contributed by atoms with E-state index in [1.807, 2.05) is 24.3 Å². The summed E-state index contributed by atoms with van der Waals surface area (Å²) in [6, 6.07) is 14.2. The van der Waals surface area contributed by atoms with Gasteiger partial charge in [0, 0.05) is 13.0 Å². The topological polar surface area (TPSA) is 113 Å². The van der Waals surface area contributed by atoms with E-state index < -0.39 is 11.2 Å². The molecular weight excluding hydrogens is 394 g/mol. The van der Waals surface area contributed by atoms with Gasteiger partial charge in [-0.05, 0) is 30.2 Å². The van der Waals surface area contributed by atoms with E-state index in [0.29, 0.717) is 16.7 Å². The van der Waals surface area contributed by atoms with Crippen molar-refractivity contribution >= 4 is 27.8 Å². The minimum absolute atomic E-state index is 0.00180. The highest BCUT2D eigenvalue weighted by Gasteiger charge is 2.23. The summed E-state index contributed by atoms with van der Waals surface area (Å²) < 4.78 is 1.07. The Morgan fingerprint density at radius 1 is 1.06 bits per heavy atom. The van der Waals surface area contributed by atoms with Crippen LogP contribution in [-0.4, -0.2) is 25.4 Å². The Kier molecular flexibility index (Phi) is 5.70. The van der Waals surface area contributed by atoms with Gasteiger partial charge in [0.05, 0.1) is 28.0 Å². The maximum atomic E-state index is 12.7. The zero-order chi connectivity index (χ0) is 22.0. The van der Waals surface area contributed by atoms with Gasteiger partial charge in [-0.15, -0.1) is 0 Å². The molecular formula is C23H25N5O3. The summed E-state index contributed by atoms with van der Waals surface area (Å²) in [7, 11) is 0. The van der Waals surface area contributed by atoms with Gasteiger partial charge in [-0.2, -0.15) is 0 Å². The first-order valence-electron chi connectivity index (χ1n) is 10.4. The van der Waals surface area contributed by atoms with Gasteiger partial charge in [0.2, 0.25) is 5.91 Å². The van der Waals surface area contributed by atoms with Crippen molar-refractivity contribution < 1.29 is 4.79 Å². The summed E-state index contributed by atoms with van der Waals surface area (Å²) in [5, 5.41) is 3.45. The lowest BCUT2D eigenvalue weighted by Gasteiger charge is -2.22. The van der Waals surface area contributed by atoms with E-state index in [4.69, 9.17) is 0 Å². The first kappa shape index (κ1) is 20.6. The number of carbonyl (C=O) groups excluding carboxylic acids is 1. The molecule has 4 rings (SSSR count). The molecule has 8 heteroatoms. The van der Waals surface area contributed by atoms with Crippen LogP contribution in [0, 0.1) is 5.92 Å². The van der Waals surface area contributed by atoms with Crippen molar-refractivity contribution in [3.8, 4) is 0 Å². The molecule has 0 unspecified atom stereocenters. The first-order valence-corrected chi connectivity index (χ1v) is 10.4. The van der Waals surface area contributed by atoms with Crippen molar-refractivity contribution in [1.82, 2.24) is 24.8 Å². The molecule has 8 nitrogen and oxygen atoms in total. The fourth-order valence-corrected chi connectivity index (χ4v) is 3.70. The molecule has 31 heavy (non-hydrogen) atoms. The second-order valence-corrected chi connectivity index (χ2v) is 7.75. The molecule has 2 atom stereocenters. The van der Waals surface area contributed by atoms with Crippen molar-refractivity contribution in [3.05, 3.63) is 75.2 Å². The smallest absolute Gasteiger partial charge is 0.328 e. The third-order valence-corrected chi connectivity index (χ3v) is 5.68. The predicted octanol–water partition coefficient (Wildman–Crippen LogP) is 2.86. The zero-order valence-corrected chi connectivity index (χ0v) is 17.5. The Balaban J connectivity index is 1.53. The quantitative estimate of drug-likeness (QED) is 0.427. The van der Waals surface area contributed by atoms with Gasteiger partial charge in [-0.25, -0.2) is 9.78 Å². The van der Waals surface area contributed by atoms with Crippen LogP contribution in [0.25, 0.3) is 21.9 Å². The van der Waals surface area contributed by atoms with E-state index in [-0.39, 0.29) is 30.8 Å². The molecule has 0 saturated heterocycles. The highest BCUT2D eigenvalue weighted by atomic mass is 16.2. The van der Waals surface area contributed by atoms with Crippen molar-refractivity contribution in [3.63, 3.8) is 0 Å². The van der Waals surface area contributed by atoms with Crippen LogP contribution in [0.3, 0.4) is 0 Å². The number of benzene rings is 2. The number of H-pyrrole nitrogens is 2. The summed E-state index contributed by atoms with van der Waals surface area (Å²) in [6.45, 7) is 4.11. The van der Waals surface area contributed by atoms with Gasteiger partial charge in [0.1, 0.15) is 5.82 Å². The van der Waals surface area contributed by atoms with Gasteiger partial charge in [0.15, 0.2) is 0 Å². The molecule has 0 saturated carbocycles. The Morgan fingerprint density at radius 3 is 2.52 bits per heavy atom. The van der Waals surface area contributed by atoms with Crippen LogP contribution in [0.5, 0.6) is 0 Å². The average molecular weight is 419 g/mol. The van der Waals surface area contributed by atoms with Crippen LogP contribution in [0.15, 0.2) is 58.1 Å². The molecule has 4 aromatic rings. The molecule has 0 fully saturated rings. The molecule has 2 aromatic carbocycles. The summed E-state index contributed by atoms with van der Waals surface area (Å²) in [5.41, 5.74) is 1.32. The van der Waals surface area contributed by atoms with Crippen LogP contribution >= 0.6 is 0 Å². The Hall–Kier alpha value is -3.68. The number of para-hydroxylation sites is 3. The van der Waals surface area contributed by atoms with Crippen LogP contribution in [0.4, 0.5) is 0 Å². The number of hydrogen-bond acceptors (Lipinski definition) is 4. The Bertz CT molecular complexity index is 1320.